The molecule has 0 radical (unpaired) electrons. The lowest BCUT2D eigenvalue weighted by Gasteiger charge is -2.42. The van der Waals surface area contributed by atoms with E-state index in [1.54, 1.807) is 0 Å². The van der Waals surface area contributed by atoms with E-state index in [2.05, 4.69) is 17.6 Å². The van der Waals surface area contributed by atoms with Gasteiger partial charge in [-0.1, -0.05) is 30.3 Å². The van der Waals surface area contributed by atoms with Crippen LogP contribution in [0, 0.1) is 17.2 Å². The van der Waals surface area contributed by atoms with Crippen molar-refractivity contribution in [2.45, 2.75) is 61.4 Å². The van der Waals surface area contributed by atoms with Gasteiger partial charge in [-0.15, -0.1) is 0 Å². The summed E-state index contributed by atoms with van der Waals surface area (Å²) in [7, 11) is 1.84. The molecular weight excluding hydrogens is 581 g/mol. The van der Waals surface area contributed by atoms with E-state index in [1.165, 1.54) is 4.90 Å². The average Bonchev–Trinajstić information content (AvgIpc) is 3.18. The van der Waals surface area contributed by atoms with Crippen LogP contribution in [0.1, 0.15) is 41.6 Å². The van der Waals surface area contributed by atoms with Gasteiger partial charge in [0.1, 0.15) is 18.6 Å². The second-order valence-electron chi connectivity index (χ2n) is 12.4. The Morgan fingerprint density at radius 1 is 1.28 bits per heavy atom. The molecular formula is C31H32ClF3N6O2. The number of hydrogen-bond acceptors (Lipinski definition) is 7. The van der Waals surface area contributed by atoms with Gasteiger partial charge in [0.15, 0.2) is 11.5 Å². The molecule has 226 valence electrons. The van der Waals surface area contributed by atoms with E-state index in [9.17, 15) is 18.8 Å². The summed E-state index contributed by atoms with van der Waals surface area (Å²) in [6.07, 6.45) is 0.922. The van der Waals surface area contributed by atoms with Crippen molar-refractivity contribution in [3.05, 3.63) is 58.0 Å². The fraction of sp³-hybridized carbons (Fsp3) is 0.548. The zero-order chi connectivity index (χ0) is 30.3. The van der Waals surface area contributed by atoms with E-state index >= 15 is 4.39 Å². The maximum Gasteiger partial charge on any atom is 0.318 e. The molecule has 1 spiro atoms. The Kier molecular flexibility index (Phi) is 6.67. The summed E-state index contributed by atoms with van der Waals surface area (Å²) < 4.78 is 51.9. The summed E-state index contributed by atoms with van der Waals surface area (Å²) in [5.41, 5.74) is 0.417. The van der Waals surface area contributed by atoms with Gasteiger partial charge in [-0.3, -0.25) is 9.69 Å². The zero-order valence-electron chi connectivity index (χ0n) is 23.8. The van der Waals surface area contributed by atoms with Crippen LogP contribution in [0.15, 0.2) is 30.6 Å². The topological polar surface area (TPSA) is 85.6 Å². The summed E-state index contributed by atoms with van der Waals surface area (Å²) in [4.78, 5) is 27.0. The number of likely N-dealkylation sites (tertiary alicyclic amines) is 1. The molecule has 0 N–H and O–H groups in total. The molecule has 5 aliphatic rings. The SMILES string of the molecule is C=C(F)C(=O)N1CCN(c2nc(OC[C@@H]3[C@@H](F)CCN3C)nc3c2CC[C@@]24c5cccc(Cl)c5CC2[C@]34F)C[C@@H]1CC#N. The fourth-order valence-electron chi connectivity index (χ4n) is 8.26. The molecule has 1 aromatic heterocycles. The van der Waals surface area contributed by atoms with E-state index in [0.29, 0.717) is 54.3 Å². The van der Waals surface area contributed by atoms with E-state index < -0.39 is 41.1 Å². The highest BCUT2D eigenvalue weighted by molar-refractivity contribution is 6.31. The molecule has 3 fully saturated rings. The van der Waals surface area contributed by atoms with E-state index in [4.69, 9.17) is 21.3 Å². The molecule has 3 heterocycles. The first-order valence-corrected chi connectivity index (χ1v) is 15.1. The average molecular weight is 613 g/mol. The third-order valence-electron chi connectivity index (χ3n) is 10.5. The molecule has 3 aliphatic carbocycles. The Morgan fingerprint density at radius 3 is 2.81 bits per heavy atom. The highest BCUT2D eigenvalue weighted by Gasteiger charge is 2.84. The van der Waals surface area contributed by atoms with Crippen LogP contribution in [0.4, 0.5) is 19.0 Å². The highest BCUT2D eigenvalue weighted by atomic mass is 35.5. The minimum atomic E-state index is -1.74. The van der Waals surface area contributed by atoms with Crippen LogP contribution in [-0.4, -0.2) is 83.8 Å². The molecule has 43 heavy (non-hydrogen) atoms. The van der Waals surface area contributed by atoms with Crippen molar-refractivity contribution in [2.75, 3.05) is 44.7 Å². The number of ether oxygens (including phenoxy) is 1. The second kappa shape index (κ2) is 10.1. The predicted octanol–water partition coefficient (Wildman–Crippen LogP) is 4.20. The van der Waals surface area contributed by atoms with Crippen molar-refractivity contribution < 1.29 is 22.7 Å². The van der Waals surface area contributed by atoms with Crippen molar-refractivity contribution in [1.82, 2.24) is 19.8 Å². The molecule has 12 heteroatoms. The summed E-state index contributed by atoms with van der Waals surface area (Å²) in [6.45, 7) is 4.38. The number of nitrogens with zero attached hydrogens (tertiary/aromatic N) is 6. The van der Waals surface area contributed by atoms with Crippen LogP contribution >= 0.6 is 11.6 Å². The normalized spacial score (nSPS) is 32.4. The van der Waals surface area contributed by atoms with Crippen molar-refractivity contribution in [2.24, 2.45) is 5.92 Å². The fourth-order valence-corrected chi connectivity index (χ4v) is 8.52. The third kappa shape index (κ3) is 4.02. The van der Waals surface area contributed by atoms with Gasteiger partial charge < -0.3 is 14.5 Å². The summed E-state index contributed by atoms with van der Waals surface area (Å²) in [5.74, 6) is -1.77. The van der Waals surface area contributed by atoms with Gasteiger partial charge in [0.2, 0.25) is 0 Å². The van der Waals surface area contributed by atoms with E-state index in [0.717, 1.165) is 11.1 Å². The van der Waals surface area contributed by atoms with E-state index in [1.807, 2.05) is 35.0 Å². The number of alkyl halides is 2. The van der Waals surface area contributed by atoms with Crippen LogP contribution in [0.25, 0.3) is 0 Å². The number of amides is 1. The Hall–Kier alpha value is -3.36. The Bertz CT molecular complexity index is 1560. The first-order valence-electron chi connectivity index (χ1n) is 14.7. The summed E-state index contributed by atoms with van der Waals surface area (Å²) >= 11 is 6.51. The molecule has 1 saturated carbocycles. The highest BCUT2D eigenvalue weighted by Crippen LogP contribution is 2.80. The number of benzene rings is 1. The number of anilines is 1. The Morgan fingerprint density at radius 2 is 2.09 bits per heavy atom. The molecule has 7 rings (SSSR count). The van der Waals surface area contributed by atoms with Crippen molar-refractivity contribution >= 4 is 23.3 Å². The molecule has 8 nitrogen and oxygen atoms in total. The molecule has 1 unspecified atom stereocenters. The lowest BCUT2D eigenvalue weighted by molar-refractivity contribution is -0.131. The number of nitriles is 1. The lowest BCUT2D eigenvalue weighted by Crippen LogP contribution is -2.55. The third-order valence-corrected chi connectivity index (χ3v) is 10.8. The van der Waals surface area contributed by atoms with Gasteiger partial charge in [-0.2, -0.15) is 15.2 Å². The zero-order valence-corrected chi connectivity index (χ0v) is 24.6. The van der Waals surface area contributed by atoms with Crippen LogP contribution in [0.5, 0.6) is 6.01 Å². The molecule has 2 saturated heterocycles. The molecule has 6 atom stereocenters. The van der Waals surface area contributed by atoms with Crippen molar-refractivity contribution in [3.63, 3.8) is 0 Å². The lowest BCUT2D eigenvalue weighted by atomic mass is 9.79. The van der Waals surface area contributed by atoms with Gasteiger partial charge in [-0.05, 0) is 49.9 Å². The number of likely N-dealkylation sites (N-methyl/N-ethyl adjacent to an activating group) is 1. The largest absolute Gasteiger partial charge is 0.462 e. The molecule has 2 aromatic rings. The number of carbonyl (C=O) groups is 1. The number of carbonyl (C=O) groups excluding carboxylic acids is 1. The Balaban J connectivity index is 1.27. The number of piperazine rings is 1. The number of halogens is 4. The van der Waals surface area contributed by atoms with Crippen molar-refractivity contribution in [3.8, 4) is 12.1 Å². The first kappa shape index (κ1) is 28.4. The second-order valence-corrected chi connectivity index (χ2v) is 12.8. The molecule has 2 aliphatic heterocycles. The predicted molar refractivity (Wildman–Crippen MR) is 153 cm³/mol. The van der Waals surface area contributed by atoms with Gasteiger partial charge in [0.05, 0.1) is 30.3 Å². The standard InChI is InChI=1S/C31H32ClF3N6O2/c1-17(33)28(42)41-13-12-40(15-18(41)7-10-36)27-19-6-9-30-21-4-3-5-22(32)20(21)14-25(30)31(30,35)26(19)37-29(38-27)43-16-24-23(34)8-11-39(24)2/h3-5,18,23-25H,1,6-9,11-16H2,2H3/t18-,23-,24+,25?,30+,31-/m0/s1. The van der Waals surface area contributed by atoms with Crippen LogP contribution in [0.2, 0.25) is 5.02 Å². The number of aromatic nitrogens is 2. The van der Waals surface area contributed by atoms with Crippen molar-refractivity contribution in [1.29, 1.82) is 5.26 Å². The van der Waals surface area contributed by atoms with Crippen LogP contribution in [0.3, 0.4) is 0 Å². The number of hydrogen-bond donors (Lipinski definition) is 0. The summed E-state index contributed by atoms with van der Waals surface area (Å²) in [6, 6.07) is 6.64. The minimum Gasteiger partial charge on any atom is -0.462 e. The maximum atomic E-state index is 17.5. The first-order chi connectivity index (χ1) is 20.6. The van der Waals surface area contributed by atoms with Crippen LogP contribution in [-0.2, 0) is 28.7 Å². The molecule has 1 amide bonds. The molecule has 1 aromatic carbocycles. The number of fused-ring (bicyclic) bond motifs is 4. The smallest absolute Gasteiger partial charge is 0.318 e. The summed E-state index contributed by atoms with van der Waals surface area (Å²) in [5, 5.41) is 10.1. The quantitative estimate of drug-likeness (QED) is 0.452. The molecule has 0 bridgehead atoms. The van der Waals surface area contributed by atoms with Crippen LogP contribution < -0.4 is 9.64 Å². The minimum absolute atomic E-state index is 0.0140. The Labute approximate surface area is 253 Å². The monoisotopic (exact) mass is 612 g/mol. The maximum absolute atomic E-state index is 17.5. The van der Waals surface area contributed by atoms with E-state index in [-0.39, 0.29) is 44.6 Å². The van der Waals surface area contributed by atoms with Gasteiger partial charge >= 0.3 is 6.01 Å². The van der Waals surface area contributed by atoms with Gasteiger partial charge in [0, 0.05) is 48.1 Å². The number of rotatable bonds is 6. The van der Waals surface area contributed by atoms with Gasteiger partial charge in [0.25, 0.3) is 5.91 Å². The van der Waals surface area contributed by atoms with Gasteiger partial charge in [-0.25, -0.2) is 13.2 Å².